The highest BCUT2D eigenvalue weighted by molar-refractivity contribution is 6.08. The van der Waals surface area contributed by atoms with E-state index in [0.29, 0.717) is 6.07 Å². The molecule has 13 nitrogen and oxygen atoms in total. The minimum atomic E-state index is -1.16. The third kappa shape index (κ3) is 5.91. The summed E-state index contributed by atoms with van der Waals surface area (Å²) < 4.78 is 4.98. The van der Waals surface area contributed by atoms with Crippen molar-refractivity contribution in [3.63, 3.8) is 0 Å². The van der Waals surface area contributed by atoms with Crippen LogP contribution in [0.5, 0.6) is 0 Å². The van der Waals surface area contributed by atoms with Gasteiger partial charge in [0.25, 0.3) is 17.3 Å². The summed E-state index contributed by atoms with van der Waals surface area (Å²) in [6.45, 7) is -0.628. The number of nitrogens with zero attached hydrogens (tertiary/aromatic N) is 2. The van der Waals surface area contributed by atoms with E-state index in [1.165, 1.54) is 48.5 Å². The van der Waals surface area contributed by atoms with Crippen LogP contribution >= 0.6 is 0 Å². The molecule has 0 aliphatic heterocycles. The van der Waals surface area contributed by atoms with Gasteiger partial charge in [0, 0.05) is 17.3 Å². The second-order valence-corrected chi connectivity index (χ2v) is 7.13. The number of amides is 1. The minimum Gasteiger partial charge on any atom is -0.478 e. The Bertz CT molecular complexity index is 1400. The Morgan fingerprint density at radius 2 is 1.50 bits per heavy atom. The molecular weight excluding hydrogens is 478 g/mol. The number of rotatable bonds is 9. The maximum atomic E-state index is 12.6. The molecule has 3 aromatic rings. The molecule has 0 radical (unpaired) electrons. The van der Waals surface area contributed by atoms with Gasteiger partial charge in [0.1, 0.15) is 5.56 Å². The zero-order chi connectivity index (χ0) is 26.4. The Hall–Kier alpha value is -5.46. The van der Waals surface area contributed by atoms with Crippen molar-refractivity contribution in [3.05, 3.63) is 109 Å². The summed E-state index contributed by atoms with van der Waals surface area (Å²) in [5, 5.41) is 33.4. The van der Waals surface area contributed by atoms with Crippen molar-refractivity contribution in [1.29, 1.82) is 0 Å². The number of aromatic carboxylic acids is 1. The van der Waals surface area contributed by atoms with Crippen LogP contribution in [0.3, 0.4) is 0 Å². The number of Topliss-reactive ketones (excluding diaryl/α,β-unsaturated/α-hetero) is 1. The standard InChI is InChI=1S/C23H15N3O10/c27-20(13-4-6-14(7-5-13)22(29)30)12-36-23(31)15-2-1-3-16(10-15)24-21(28)18-9-8-17(25(32)33)11-19(18)26(34)35/h1-11H,12H2,(H,24,28)(H,29,30). The van der Waals surface area contributed by atoms with Crippen LogP contribution in [0.2, 0.25) is 0 Å². The van der Waals surface area contributed by atoms with E-state index in [1.807, 2.05) is 0 Å². The highest BCUT2D eigenvalue weighted by atomic mass is 16.6. The fourth-order valence-corrected chi connectivity index (χ4v) is 3.00. The number of nitro groups is 2. The number of hydrogen-bond acceptors (Lipinski definition) is 9. The summed E-state index contributed by atoms with van der Waals surface area (Å²) >= 11 is 0. The Balaban J connectivity index is 1.68. The first-order valence-electron chi connectivity index (χ1n) is 9.94. The molecule has 0 bridgehead atoms. The number of carboxylic acids is 1. The number of esters is 1. The molecular formula is C23H15N3O10. The molecule has 0 heterocycles. The molecule has 13 heteroatoms. The van der Waals surface area contributed by atoms with Crippen LogP contribution in [-0.2, 0) is 4.74 Å². The molecule has 0 aliphatic rings. The number of nitrogens with one attached hydrogen (secondary N) is 1. The molecule has 0 saturated carbocycles. The lowest BCUT2D eigenvalue weighted by atomic mass is 10.1. The molecule has 0 atom stereocenters. The second kappa shape index (κ2) is 10.6. The zero-order valence-corrected chi connectivity index (χ0v) is 18.1. The molecule has 0 saturated heterocycles. The number of benzene rings is 3. The number of nitro benzene ring substituents is 2. The summed E-state index contributed by atoms with van der Waals surface area (Å²) in [5.74, 6) is -3.57. The molecule has 2 N–H and O–H groups in total. The van der Waals surface area contributed by atoms with Crippen molar-refractivity contribution in [2.45, 2.75) is 0 Å². The highest BCUT2D eigenvalue weighted by Crippen LogP contribution is 2.25. The lowest BCUT2D eigenvalue weighted by molar-refractivity contribution is -0.394. The zero-order valence-electron chi connectivity index (χ0n) is 18.1. The van der Waals surface area contributed by atoms with Crippen LogP contribution in [0.1, 0.15) is 41.4 Å². The smallest absolute Gasteiger partial charge is 0.338 e. The molecule has 182 valence electrons. The van der Waals surface area contributed by atoms with E-state index in [9.17, 15) is 39.4 Å². The van der Waals surface area contributed by atoms with E-state index in [-0.39, 0.29) is 22.4 Å². The second-order valence-electron chi connectivity index (χ2n) is 7.13. The molecule has 0 aliphatic carbocycles. The van der Waals surface area contributed by atoms with Gasteiger partial charge in [0.05, 0.1) is 27.0 Å². The average Bonchev–Trinajstić information content (AvgIpc) is 2.86. The van der Waals surface area contributed by atoms with Crippen LogP contribution in [-0.4, -0.2) is 45.2 Å². The third-order valence-corrected chi connectivity index (χ3v) is 4.78. The quantitative estimate of drug-likeness (QED) is 0.193. The molecule has 3 aromatic carbocycles. The molecule has 36 heavy (non-hydrogen) atoms. The summed E-state index contributed by atoms with van der Waals surface area (Å²) in [4.78, 5) is 68.4. The van der Waals surface area contributed by atoms with Gasteiger partial charge < -0.3 is 15.2 Å². The van der Waals surface area contributed by atoms with Crippen LogP contribution in [0.4, 0.5) is 17.1 Å². The Labute approximate surface area is 201 Å². The molecule has 0 fully saturated rings. The number of anilines is 1. The van der Waals surface area contributed by atoms with E-state index in [1.54, 1.807) is 0 Å². The first-order valence-corrected chi connectivity index (χ1v) is 9.94. The summed E-state index contributed by atoms with van der Waals surface area (Å²) in [6, 6.07) is 12.9. The predicted molar refractivity (Wildman–Crippen MR) is 122 cm³/mol. The normalized spacial score (nSPS) is 10.2. The molecule has 0 spiro atoms. The number of non-ortho nitro benzene ring substituents is 1. The number of carboxylic acid groups (broad SMARTS) is 1. The topological polar surface area (TPSA) is 196 Å². The van der Waals surface area contributed by atoms with Crippen molar-refractivity contribution in [1.82, 2.24) is 0 Å². The molecule has 3 rings (SSSR count). The summed E-state index contributed by atoms with van der Waals surface area (Å²) in [5.41, 5.74) is -1.61. The first kappa shape index (κ1) is 25.2. The third-order valence-electron chi connectivity index (χ3n) is 4.78. The van der Waals surface area contributed by atoms with E-state index in [2.05, 4.69) is 5.32 Å². The van der Waals surface area contributed by atoms with E-state index in [0.717, 1.165) is 12.1 Å². The summed E-state index contributed by atoms with van der Waals surface area (Å²) in [6.07, 6.45) is 0. The minimum absolute atomic E-state index is 0.0125. The van der Waals surface area contributed by atoms with Crippen molar-refractivity contribution in [2.24, 2.45) is 0 Å². The number of ether oxygens (including phenoxy) is 1. The predicted octanol–water partition coefficient (Wildman–Crippen LogP) is 3.49. The van der Waals surface area contributed by atoms with Crippen LogP contribution in [0.25, 0.3) is 0 Å². The highest BCUT2D eigenvalue weighted by Gasteiger charge is 2.24. The fourth-order valence-electron chi connectivity index (χ4n) is 3.00. The van der Waals surface area contributed by atoms with Gasteiger partial charge in [-0.2, -0.15) is 0 Å². The summed E-state index contributed by atoms with van der Waals surface area (Å²) in [7, 11) is 0. The van der Waals surface area contributed by atoms with E-state index in [4.69, 9.17) is 9.84 Å². The maximum Gasteiger partial charge on any atom is 0.338 e. The van der Waals surface area contributed by atoms with Gasteiger partial charge in [-0.3, -0.25) is 29.8 Å². The van der Waals surface area contributed by atoms with Crippen molar-refractivity contribution in [3.8, 4) is 0 Å². The lowest BCUT2D eigenvalue weighted by Crippen LogP contribution is -2.16. The van der Waals surface area contributed by atoms with E-state index < -0.39 is 57.0 Å². The number of carbonyl (C=O) groups is 4. The largest absolute Gasteiger partial charge is 0.478 e. The van der Waals surface area contributed by atoms with Crippen molar-refractivity contribution >= 4 is 40.7 Å². The first-order chi connectivity index (χ1) is 17.1. The van der Waals surface area contributed by atoms with Crippen LogP contribution < -0.4 is 5.32 Å². The Kier molecular flexibility index (Phi) is 7.44. The Morgan fingerprint density at radius 3 is 2.11 bits per heavy atom. The van der Waals surface area contributed by atoms with Gasteiger partial charge in [0.15, 0.2) is 12.4 Å². The van der Waals surface area contributed by atoms with Gasteiger partial charge in [0.2, 0.25) is 0 Å². The van der Waals surface area contributed by atoms with Crippen LogP contribution in [0, 0.1) is 20.2 Å². The van der Waals surface area contributed by atoms with Gasteiger partial charge in [-0.1, -0.05) is 18.2 Å². The van der Waals surface area contributed by atoms with Gasteiger partial charge in [-0.15, -0.1) is 0 Å². The number of hydrogen-bond donors (Lipinski definition) is 2. The van der Waals surface area contributed by atoms with Gasteiger partial charge >= 0.3 is 11.9 Å². The Morgan fingerprint density at radius 1 is 0.833 bits per heavy atom. The fraction of sp³-hybridized carbons (Fsp3) is 0.0435. The van der Waals surface area contributed by atoms with Gasteiger partial charge in [-0.25, -0.2) is 9.59 Å². The van der Waals surface area contributed by atoms with E-state index >= 15 is 0 Å². The van der Waals surface area contributed by atoms with Crippen molar-refractivity contribution < 1.29 is 38.9 Å². The lowest BCUT2D eigenvalue weighted by Gasteiger charge is -2.08. The number of ketones is 1. The molecule has 0 unspecified atom stereocenters. The SMILES string of the molecule is O=C(O)c1ccc(C(=O)COC(=O)c2cccc(NC(=O)c3ccc([N+](=O)[O-])cc3[N+](=O)[O-])c2)cc1. The molecule has 1 amide bonds. The average molecular weight is 493 g/mol. The number of carbonyl (C=O) groups excluding carboxylic acids is 3. The maximum absolute atomic E-state index is 12.6. The van der Waals surface area contributed by atoms with Gasteiger partial charge in [-0.05, 0) is 36.4 Å². The monoisotopic (exact) mass is 493 g/mol. The van der Waals surface area contributed by atoms with Crippen molar-refractivity contribution in [2.75, 3.05) is 11.9 Å². The van der Waals surface area contributed by atoms with Crippen LogP contribution in [0.15, 0.2) is 66.7 Å². The molecule has 0 aromatic heterocycles.